The minimum absolute atomic E-state index is 0.0514. The molecule has 2 amide bonds. The van der Waals surface area contributed by atoms with E-state index in [-0.39, 0.29) is 6.03 Å². The van der Waals surface area contributed by atoms with E-state index in [0.29, 0.717) is 11.5 Å². The van der Waals surface area contributed by atoms with Gasteiger partial charge in [0.1, 0.15) is 0 Å². The summed E-state index contributed by atoms with van der Waals surface area (Å²) in [5, 5.41) is 11.7. The smallest absolute Gasteiger partial charge is 0.321 e. The summed E-state index contributed by atoms with van der Waals surface area (Å²) in [6.45, 7) is 6.46. The fraction of sp³-hybridized carbons (Fsp3) is 0.556. The van der Waals surface area contributed by atoms with Crippen LogP contribution >= 0.6 is 0 Å². The lowest BCUT2D eigenvalue weighted by Crippen LogP contribution is -2.45. The van der Waals surface area contributed by atoms with Crippen molar-refractivity contribution in [2.75, 3.05) is 51.3 Å². The number of rotatable bonds is 3. The number of ether oxygens (including phenoxy) is 1. The minimum atomic E-state index is -0.0514. The molecule has 6 nitrogen and oxygen atoms in total. The predicted molar refractivity (Wildman–Crippen MR) is 91.7 cm³/mol. The van der Waals surface area contributed by atoms with Crippen LogP contribution in [0.1, 0.15) is 18.4 Å². The van der Waals surface area contributed by atoms with Crippen LogP contribution in [0, 0.1) is 17.2 Å². The molecule has 2 saturated heterocycles. The highest BCUT2D eigenvalue weighted by molar-refractivity contribution is 5.89. The molecule has 0 radical (unpaired) electrons. The third-order valence-corrected chi connectivity index (χ3v) is 4.79. The van der Waals surface area contributed by atoms with Gasteiger partial charge in [-0.3, -0.25) is 4.90 Å². The van der Waals surface area contributed by atoms with E-state index in [2.05, 4.69) is 16.3 Å². The second-order valence-corrected chi connectivity index (χ2v) is 6.46. The van der Waals surface area contributed by atoms with E-state index >= 15 is 0 Å². The van der Waals surface area contributed by atoms with E-state index in [1.54, 1.807) is 24.3 Å². The van der Waals surface area contributed by atoms with Crippen molar-refractivity contribution < 1.29 is 9.53 Å². The zero-order valence-corrected chi connectivity index (χ0v) is 13.9. The van der Waals surface area contributed by atoms with Crippen molar-refractivity contribution in [2.45, 2.75) is 12.8 Å². The van der Waals surface area contributed by atoms with Crippen LogP contribution in [0.2, 0.25) is 0 Å². The molecule has 1 N–H and O–H groups in total. The highest BCUT2D eigenvalue weighted by Crippen LogP contribution is 2.20. The van der Waals surface area contributed by atoms with E-state index in [4.69, 9.17) is 10.00 Å². The molecule has 128 valence electrons. The number of nitrogens with one attached hydrogen (secondary N) is 1. The molecule has 0 unspecified atom stereocenters. The van der Waals surface area contributed by atoms with Gasteiger partial charge in [0.2, 0.25) is 0 Å². The number of hydrogen-bond acceptors (Lipinski definition) is 4. The summed E-state index contributed by atoms with van der Waals surface area (Å²) in [6.07, 6.45) is 2.11. The molecule has 0 spiro atoms. The van der Waals surface area contributed by atoms with Crippen molar-refractivity contribution in [1.82, 2.24) is 9.80 Å². The van der Waals surface area contributed by atoms with Crippen LogP contribution < -0.4 is 5.32 Å². The van der Waals surface area contributed by atoms with Crippen molar-refractivity contribution in [3.8, 4) is 6.07 Å². The number of likely N-dealkylation sites (tertiary alicyclic amines) is 1. The lowest BCUT2D eigenvalue weighted by Gasteiger charge is -2.36. The van der Waals surface area contributed by atoms with Crippen LogP contribution in [0.5, 0.6) is 0 Å². The van der Waals surface area contributed by atoms with E-state index < -0.39 is 0 Å². The highest BCUT2D eigenvalue weighted by atomic mass is 16.5. The van der Waals surface area contributed by atoms with Gasteiger partial charge >= 0.3 is 6.03 Å². The van der Waals surface area contributed by atoms with E-state index in [1.165, 1.54) is 0 Å². The minimum Gasteiger partial charge on any atom is -0.379 e. The quantitative estimate of drug-likeness (QED) is 0.923. The zero-order chi connectivity index (χ0) is 16.8. The molecule has 2 aliphatic heterocycles. The molecule has 0 bridgehead atoms. The number of carbonyl (C=O) groups excluding carboxylic acids is 1. The Hall–Kier alpha value is -2.10. The Morgan fingerprint density at radius 1 is 1.17 bits per heavy atom. The fourth-order valence-electron chi connectivity index (χ4n) is 3.30. The van der Waals surface area contributed by atoms with Crippen molar-refractivity contribution in [2.24, 2.45) is 5.92 Å². The summed E-state index contributed by atoms with van der Waals surface area (Å²) < 4.78 is 5.39. The molecule has 0 saturated carbocycles. The number of hydrogen-bond donors (Lipinski definition) is 1. The van der Waals surface area contributed by atoms with E-state index in [9.17, 15) is 4.79 Å². The number of anilines is 1. The Morgan fingerprint density at radius 2 is 1.83 bits per heavy atom. The lowest BCUT2D eigenvalue weighted by atomic mass is 9.96. The maximum Gasteiger partial charge on any atom is 0.321 e. The molecule has 0 aromatic heterocycles. The Balaban J connectivity index is 1.43. The molecule has 3 rings (SSSR count). The Morgan fingerprint density at radius 3 is 2.46 bits per heavy atom. The maximum absolute atomic E-state index is 12.3. The summed E-state index contributed by atoms with van der Waals surface area (Å²) in [4.78, 5) is 16.7. The van der Waals surface area contributed by atoms with E-state index in [0.717, 1.165) is 64.5 Å². The largest absolute Gasteiger partial charge is 0.379 e. The number of piperidine rings is 1. The Labute approximate surface area is 143 Å². The van der Waals surface area contributed by atoms with Crippen LogP contribution in [0.3, 0.4) is 0 Å². The number of morpholine rings is 1. The van der Waals surface area contributed by atoms with Gasteiger partial charge in [-0.15, -0.1) is 0 Å². The van der Waals surface area contributed by atoms with Gasteiger partial charge in [-0.05, 0) is 43.0 Å². The SMILES string of the molecule is N#Cc1ccc(NC(=O)N2CCC(CN3CCOCC3)CC2)cc1. The molecule has 2 aliphatic rings. The summed E-state index contributed by atoms with van der Waals surface area (Å²) in [5.74, 6) is 0.669. The Bertz CT molecular complexity index is 582. The van der Waals surface area contributed by atoms with E-state index in [1.807, 2.05) is 4.90 Å². The zero-order valence-electron chi connectivity index (χ0n) is 13.9. The van der Waals surface area contributed by atoms with Crippen LogP contribution in [0.15, 0.2) is 24.3 Å². The molecule has 0 atom stereocenters. The van der Waals surface area contributed by atoms with Gasteiger partial charge in [-0.2, -0.15) is 5.26 Å². The molecule has 1 aromatic carbocycles. The van der Waals surface area contributed by atoms with Crippen LogP contribution in [0.25, 0.3) is 0 Å². The van der Waals surface area contributed by atoms with Gasteiger partial charge in [0.25, 0.3) is 0 Å². The number of urea groups is 1. The number of carbonyl (C=O) groups is 1. The van der Waals surface area contributed by atoms with Gasteiger partial charge in [0, 0.05) is 38.4 Å². The first-order valence-electron chi connectivity index (χ1n) is 8.61. The standard InChI is InChI=1S/C18H24N4O2/c19-13-15-1-3-17(4-2-15)20-18(23)22-7-5-16(6-8-22)14-21-9-11-24-12-10-21/h1-4,16H,5-12,14H2,(H,20,23). The van der Waals surface area contributed by atoms with Crippen LogP contribution in [-0.2, 0) is 4.74 Å². The first-order valence-corrected chi connectivity index (χ1v) is 8.61. The van der Waals surface area contributed by atoms with Crippen molar-refractivity contribution in [1.29, 1.82) is 5.26 Å². The molecule has 24 heavy (non-hydrogen) atoms. The third-order valence-electron chi connectivity index (χ3n) is 4.79. The molecule has 2 fully saturated rings. The van der Waals surface area contributed by atoms with Gasteiger partial charge in [0.05, 0.1) is 24.8 Å². The monoisotopic (exact) mass is 328 g/mol. The maximum atomic E-state index is 12.3. The second kappa shape index (κ2) is 8.13. The van der Waals surface area contributed by atoms with Gasteiger partial charge in [-0.25, -0.2) is 4.79 Å². The van der Waals surface area contributed by atoms with Crippen molar-refractivity contribution in [3.05, 3.63) is 29.8 Å². The first-order chi connectivity index (χ1) is 11.7. The van der Waals surface area contributed by atoms with Gasteiger partial charge < -0.3 is 15.0 Å². The van der Waals surface area contributed by atoms with Crippen molar-refractivity contribution in [3.63, 3.8) is 0 Å². The van der Waals surface area contributed by atoms with Crippen molar-refractivity contribution >= 4 is 11.7 Å². The number of amides is 2. The molecular weight excluding hydrogens is 304 g/mol. The highest BCUT2D eigenvalue weighted by Gasteiger charge is 2.24. The topological polar surface area (TPSA) is 68.6 Å². The van der Waals surface area contributed by atoms with Crippen LogP contribution in [-0.4, -0.2) is 61.8 Å². The second-order valence-electron chi connectivity index (χ2n) is 6.46. The Kier molecular flexibility index (Phi) is 5.68. The van der Waals surface area contributed by atoms with Crippen LogP contribution in [0.4, 0.5) is 10.5 Å². The predicted octanol–water partition coefficient (Wildman–Crippen LogP) is 2.13. The third kappa shape index (κ3) is 4.47. The average molecular weight is 328 g/mol. The summed E-state index contributed by atoms with van der Waals surface area (Å²) in [5.41, 5.74) is 1.33. The molecular formula is C18H24N4O2. The summed E-state index contributed by atoms with van der Waals surface area (Å²) in [7, 11) is 0. The number of nitrogens with zero attached hydrogens (tertiary/aromatic N) is 3. The lowest BCUT2D eigenvalue weighted by molar-refractivity contribution is 0.0260. The molecule has 6 heteroatoms. The molecule has 1 aromatic rings. The average Bonchev–Trinajstić information content (AvgIpc) is 2.64. The molecule has 2 heterocycles. The first kappa shape index (κ1) is 16.7. The molecule has 0 aliphatic carbocycles. The number of nitriles is 1. The fourth-order valence-corrected chi connectivity index (χ4v) is 3.30. The summed E-state index contributed by atoms with van der Waals surface area (Å²) in [6, 6.07) is 8.98. The number of benzene rings is 1. The normalized spacial score (nSPS) is 19.7. The van der Waals surface area contributed by atoms with Gasteiger partial charge in [0.15, 0.2) is 0 Å². The summed E-state index contributed by atoms with van der Waals surface area (Å²) >= 11 is 0. The van der Waals surface area contributed by atoms with Gasteiger partial charge in [-0.1, -0.05) is 0 Å².